The largest absolute Gasteiger partial charge is 0.350 e. The standard InChI is InChI=1S/C19H19ClN2OS/c1-22(2)17(14-8-3-5-9-16(14)20)11-21-19(23)15-12-24-18-10-6-4-7-13(15)18/h3-10,12,17H,11H2,1-2H3,(H,21,23). The number of halogens is 1. The molecule has 1 atom stereocenters. The molecule has 3 aromatic rings. The van der Waals surface area contributed by atoms with Crippen LogP contribution in [0.4, 0.5) is 0 Å². The summed E-state index contributed by atoms with van der Waals surface area (Å²) in [5.74, 6) is -0.0497. The molecule has 0 aliphatic heterocycles. The van der Waals surface area contributed by atoms with Gasteiger partial charge in [0.2, 0.25) is 0 Å². The van der Waals surface area contributed by atoms with Crippen molar-refractivity contribution in [2.75, 3.05) is 20.6 Å². The van der Waals surface area contributed by atoms with E-state index in [1.54, 1.807) is 11.3 Å². The molecule has 24 heavy (non-hydrogen) atoms. The minimum absolute atomic E-state index is 0.0209. The molecule has 1 amide bonds. The number of hydrogen-bond donors (Lipinski definition) is 1. The number of hydrogen-bond acceptors (Lipinski definition) is 3. The normalized spacial score (nSPS) is 12.5. The van der Waals surface area contributed by atoms with E-state index in [1.165, 1.54) is 0 Å². The zero-order valence-electron chi connectivity index (χ0n) is 13.6. The van der Waals surface area contributed by atoms with Crippen LogP contribution in [-0.4, -0.2) is 31.4 Å². The van der Waals surface area contributed by atoms with E-state index in [1.807, 2.05) is 68.0 Å². The highest BCUT2D eigenvalue weighted by Crippen LogP contribution is 2.27. The van der Waals surface area contributed by atoms with Crippen molar-refractivity contribution in [3.8, 4) is 0 Å². The second-order valence-corrected chi connectivity index (χ2v) is 7.17. The molecule has 0 radical (unpaired) electrons. The van der Waals surface area contributed by atoms with E-state index in [4.69, 9.17) is 11.6 Å². The number of thiophene rings is 1. The molecule has 0 aliphatic rings. The van der Waals surface area contributed by atoms with Crippen LogP contribution >= 0.6 is 22.9 Å². The summed E-state index contributed by atoms with van der Waals surface area (Å²) in [4.78, 5) is 14.7. The van der Waals surface area contributed by atoms with Crippen LogP contribution in [0.2, 0.25) is 5.02 Å². The van der Waals surface area contributed by atoms with Crippen molar-refractivity contribution in [1.82, 2.24) is 10.2 Å². The summed E-state index contributed by atoms with van der Waals surface area (Å²) in [6.45, 7) is 0.500. The number of rotatable bonds is 5. The first-order chi connectivity index (χ1) is 11.6. The summed E-state index contributed by atoms with van der Waals surface area (Å²) in [7, 11) is 3.97. The lowest BCUT2D eigenvalue weighted by atomic mass is 10.1. The van der Waals surface area contributed by atoms with Crippen LogP contribution in [0.5, 0.6) is 0 Å². The number of fused-ring (bicyclic) bond motifs is 1. The lowest BCUT2D eigenvalue weighted by molar-refractivity contribution is 0.0944. The van der Waals surface area contributed by atoms with Crippen LogP contribution in [0, 0.1) is 0 Å². The van der Waals surface area contributed by atoms with Gasteiger partial charge < -0.3 is 10.2 Å². The summed E-state index contributed by atoms with van der Waals surface area (Å²) in [6, 6.07) is 15.7. The molecule has 1 heterocycles. The van der Waals surface area contributed by atoms with Gasteiger partial charge in [0.15, 0.2) is 0 Å². The van der Waals surface area contributed by atoms with Crippen LogP contribution in [0.25, 0.3) is 10.1 Å². The van der Waals surface area contributed by atoms with Crippen molar-refractivity contribution in [3.63, 3.8) is 0 Å². The van der Waals surface area contributed by atoms with Crippen molar-refractivity contribution >= 4 is 38.9 Å². The van der Waals surface area contributed by atoms with E-state index in [9.17, 15) is 4.79 Å². The van der Waals surface area contributed by atoms with E-state index in [-0.39, 0.29) is 11.9 Å². The Morgan fingerprint density at radius 1 is 1.17 bits per heavy atom. The number of likely N-dealkylation sites (N-methyl/N-ethyl adjacent to an activating group) is 1. The topological polar surface area (TPSA) is 32.3 Å². The maximum Gasteiger partial charge on any atom is 0.252 e. The second kappa shape index (κ2) is 7.34. The molecule has 1 N–H and O–H groups in total. The zero-order chi connectivity index (χ0) is 17.1. The average Bonchev–Trinajstić information content (AvgIpc) is 3.00. The van der Waals surface area contributed by atoms with Gasteiger partial charge in [-0.05, 0) is 31.8 Å². The highest BCUT2D eigenvalue weighted by atomic mass is 35.5. The molecule has 0 saturated carbocycles. The number of nitrogens with one attached hydrogen (secondary N) is 1. The van der Waals surface area contributed by atoms with Gasteiger partial charge in [0, 0.05) is 27.0 Å². The fourth-order valence-corrected chi connectivity index (χ4v) is 3.96. The molecule has 5 heteroatoms. The van der Waals surface area contributed by atoms with Crippen molar-refractivity contribution in [2.24, 2.45) is 0 Å². The van der Waals surface area contributed by atoms with Gasteiger partial charge in [0.1, 0.15) is 0 Å². The molecule has 3 rings (SSSR count). The van der Waals surface area contributed by atoms with E-state index in [0.717, 1.165) is 21.2 Å². The van der Waals surface area contributed by atoms with Crippen LogP contribution in [-0.2, 0) is 0 Å². The fraction of sp³-hybridized carbons (Fsp3) is 0.211. The Hall–Kier alpha value is -1.88. The predicted molar refractivity (Wildman–Crippen MR) is 102 cm³/mol. The van der Waals surface area contributed by atoms with E-state index >= 15 is 0 Å². The first-order valence-electron chi connectivity index (χ1n) is 7.73. The minimum atomic E-state index is -0.0497. The average molecular weight is 359 g/mol. The van der Waals surface area contributed by atoms with Gasteiger partial charge in [0.25, 0.3) is 5.91 Å². The number of carbonyl (C=O) groups excluding carboxylic acids is 1. The molecule has 1 aromatic heterocycles. The Bertz CT molecular complexity index is 859. The van der Waals surface area contributed by atoms with Crippen LogP contribution in [0.1, 0.15) is 22.0 Å². The van der Waals surface area contributed by atoms with E-state index in [0.29, 0.717) is 11.6 Å². The fourth-order valence-electron chi connectivity index (χ4n) is 2.75. The van der Waals surface area contributed by atoms with Gasteiger partial charge >= 0.3 is 0 Å². The Morgan fingerprint density at radius 3 is 2.62 bits per heavy atom. The van der Waals surface area contributed by atoms with Crippen LogP contribution in [0.15, 0.2) is 53.9 Å². The molecule has 2 aromatic carbocycles. The summed E-state index contributed by atoms with van der Waals surface area (Å²) in [5, 5.41) is 6.68. The van der Waals surface area contributed by atoms with E-state index in [2.05, 4.69) is 10.2 Å². The smallest absolute Gasteiger partial charge is 0.252 e. The maximum absolute atomic E-state index is 12.6. The predicted octanol–water partition coefficient (Wildman–Crippen LogP) is 4.59. The highest BCUT2D eigenvalue weighted by molar-refractivity contribution is 7.17. The number of carbonyl (C=O) groups is 1. The van der Waals surface area contributed by atoms with Gasteiger partial charge in [0.05, 0.1) is 11.6 Å². The summed E-state index contributed by atoms with van der Waals surface area (Å²) in [5.41, 5.74) is 1.74. The molecule has 0 bridgehead atoms. The molecule has 1 unspecified atom stereocenters. The van der Waals surface area contributed by atoms with Crippen LogP contribution < -0.4 is 5.32 Å². The Balaban J connectivity index is 1.78. The Morgan fingerprint density at radius 2 is 1.88 bits per heavy atom. The number of benzene rings is 2. The third-order valence-corrected chi connectivity index (χ3v) is 5.38. The van der Waals surface area contributed by atoms with Crippen molar-refractivity contribution in [1.29, 1.82) is 0 Å². The van der Waals surface area contributed by atoms with Gasteiger partial charge in [-0.1, -0.05) is 48.0 Å². The maximum atomic E-state index is 12.6. The minimum Gasteiger partial charge on any atom is -0.350 e. The third kappa shape index (κ3) is 3.46. The van der Waals surface area contributed by atoms with Crippen molar-refractivity contribution < 1.29 is 4.79 Å². The molecule has 0 aliphatic carbocycles. The second-order valence-electron chi connectivity index (χ2n) is 5.86. The van der Waals surface area contributed by atoms with E-state index < -0.39 is 0 Å². The summed E-state index contributed by atoms with van der Waals surface area (Å²) >= 11 is 7.91. The number of nitrogens with zero attached hydrogens (tertiary/aromatic N) is 1. The SMILES string of the molecule is CN(C)C(CNC(=O)c1csc2ccccc12)c1ccccc1Cl. The molecular weight excluding hydrogens is 340 g/mol. The highest BCUT2D eigenvalue weighted by Gasteiger charge is 2.19. The Kier molecular flexibility index (Phi) is 5.19. The van der Waals surface area contributed by atoms with Crippen molar-refractivity contribution in [3.05, 3.63) is 70.1 Å². The van der Waals surface area contributed by atoms with Crippen molar-refractivity contribution in [2.45, 2.75) is 6.04 Å². The summed E-state index contributed by atoms with van der Waals surface area (Å²) in [6.07, 6.45) is 0. The summed E-state index contributed by atoms with van der Waals surface area (Å²) < 4.78 is 1.12. The lowest BCUT2D eigenvalue weighted by Crippen LogP contribution is -2.34. The molecule has 0 saturated heterocycles. The number of amides is 1. The molecular formula is C19H19ClN2OS. The third-order valence-electron chi connectivity index (χ3n) is 4.07. The van der Waals surface area contributed by atoms with Gasteiger partial charge in [-0.15, -0.1) is 11.3 Å². The monoisotopic (exact) mass is 358 g/mol. The first kappa shape index (κ1) is 17.0. The zero-order valence-corrected chi connectivity index (χ0v) is 15.2. The molecule has 3 nitrogen and oxygen atoms in total. The quantitative estimate of drug-likeness (QED) is 0.723. The lowest BCUT2D eigenvalue weighted by Gasteiger charge is -2.26. The van der Waals surface area contributed by atoms with Gasteiger partial charge in [-0.3, -0.25) is 4.79 Å². The van der Waals surface area contributed by atoms with Crippen LogP contribution in [0.3, 0.4) is 0 Å². The van der Waals surface area contributed by atoms with Gasteiger partial charge in [-0.25, -0.2) is 0 Å². The molecule has 124 valence electrons. The molecule has 0 fully saturated rings. The molecule has 0 spiro atoms. The Labute approximate surface area is 150 Å². The van der Waals surface area contributed by atoms with Gasteiger partial charge in [-0.2, -0.15) is 0 Å². The first-order valence-corrected chi connectivity index (χ1v) is 8.99.